The van der Waals surface area contributed by atoms with Crippen molar-refractivity contribution in [3.05, 3.63) is 63.2 Å². The highest BCUT2D eigenvalue weighted by molar-refractivity contribution is 14.1. The van der Waals surface area contributed by atoms with Gasteiger partial charge in [0.25, 0.3) is 0 Å². The second-order valence-electron chi connectivity index (χ2n) is 3.66. The standard InChI is InChI=1S/C14H7ClFIN2/c15-14(11-2-1-10(16)7-13(11)17)12(8-18)9-3-5-19-6-4-9/h1-7H/b14-12+. The normalized spacial score (nSPS) is 11.7. The summed E-state index contributed by atoms with van der Waals surface area (Å²) in [4.78, 5) is 3.90. The molecule has 19 heavy (non-hydrogen) atoms. The molecule has 0 amide bonds. The van der Waals surface area contributed by atoms with Crippen LogP contribution in [0.5, 0.6) is 0 Å². The first-order chi connectivity index (χ1) is 9.13. The van der Waals surface area contributed by atoms with Crippen LogP contribution in [0, 0.1) is 20.7 Å². The molecule has 2 rings (SSSR count). The van der Waals surface area contributed by atoms with Crippen molar-refractivity contribution in [3.63, 3.8) is 0 Å². The molecular weight excluding hydrogens is 378 g/mol. The van der Waals surface area contributed by atoms with Crippen LogP contribution in [0.2, 0.25) is 0 Å². The first kappa shape index (κ1) is 14.0. The summed E-state index contributed by atoms with van der Waals surface area (Å²) < 4.78 is 13.7. The zero-order valence-electron chi connectivity index (χ0n) is 9.57. The van der Waals surface area contributed by atoms with Crippen molar-refractivity contribution >= 4 is 44.8 Å². The van der Waals surface area contributed by atoms with Crippen molar-refractivity contribution in [2.24, 2.45) is 0 Å². The van der Waals surface area contributed by atoms with Crippen LogP contribution in [0.4, 0.5) is 4.39 Å². The largest absolute Gasteiger partial charge is 0.265 e. The van der Waals surface area contributed by atoms with E-state index in [9.17, 15) is 9.65 Å². The van der Waals surface area contributed by atoms with Crippen molar-refractivity contribution < 1.29 is 4.39 Å². The summed E-state index contributed by atoms with van der Waals surface area (Å²) in [6.07, 6.45) is 3.18. The SMILES string of the molecule is N#C/C(=C(\Cl)c1ccc(F)cc1I)c1ccncc1. The van der Waals surface area contributed by atoms with Crippen LogP contribution in [0.15, 0.2) is 42.7 Å². The van der Waals surface area contributed by atoms with Crippen molar-refractivity contribution in [2.45, 2.75) is 0 Å². The fourth-order valence-electron chi connectivity index (χ4n) is 1.56. The lowest BCUT2D eigenvalue weighted by atomic mass is 10.0. The minimum Gasteiger partial charge on any atom is -0.265 e. The van der Waals surface area contributed by atoms with Gasteiger partial charge in [-0.25, -0.2) is 4.39 Å². The number of nitrogens with zero attached hydrogens (tertiary/aromatic N) is 2. The van der Waals surface area contributed by atoms with E-state index in [0.717, 1.165) is 0 Å². The minimum absolute atomic E-state index is 0.304. The van der Waals surface area contributed by atoms with Crippen molar-refractivity contribution in [2.75, 3.05) is 0 Å². The zero-order valence-corrected chi connectivity index (χ0v) is 12.5. The van der Waals surface area contributed by atoms with E-state index in [1.807, 2.05) is 22.6 Å². The summed E-state index contributed by atoms with van der Waals surface area (Å²) in [5.41, 5.74) is 1.66. The molecule has 0 atom stereocenters. The monoisotopic (exact) mass is 384 g/mol. The molecule has 0 saturated carbocycles. The number of hydrogen-bond donors (Lipinski definition) is 0. The van der Waals surface area contributed by atoms with Gasteiger partial charge in [0.15, 0.2) is 0 Å². The summed E-state index contributed by atoms with van der Waals surface area (Å²) in [6.45, 7) is 0. The molecule has 1 aromatic carbocycles. The third-order valence-corrected chi connectivity index (χ3v) is 3.75. The van der Waals surface area contributed by atoms with Gasteiger partial charge in [-0.05, 0) is 58.5 Å². The maximum absolute atomic E-state index is 13.1. The van der Waals surface area contributed by atoms with Crippen molar-refractivity contribution in [1.82, 2.24) is 4.98 Å². The van der Waals surface area contributed by atoms with Gasteiger partial charge in [-0.1, -0.05) is 11.6 Å². The van der Waals surface area contributed by atoms with E-state index in [0.29, 0.717) is 25.3 Å². The van der Waals surface area contributed by atoms with Crippen LogP contribution in [0.25, 0.3) is 10.6 Å². The number of pyridine rings is 1. The summed E-state index contributed by atoms with van der Waals surface area (Å²) in [6, 6.07) is 9.76. The molecule has 0 aliphatic rings. The lowest BCUT2D eigenvalue weighted by Crippen LogP contribution is -1.90. The molecule has 0 saturated heterocycles. The maximum atomic E-state index is 13.1. The Morgan fingerprint density at radius 2 is 1.95 bits per heavy atom. The molecule has 0 unspecified atom stereocenters. The number of halogens is 3. The summed E-state index contributed by atoms with van der Waals surface area (Å²) in [7, 11) is 0. The Balaban J connectivity index is 2.59. The van der Waals surface area contributed by atoms with Crippen molar-refractivity contribution in [1.29, 1.82) is 5.26 Å². The minimum atomic E-state index is -0.333. The fourth-order valence-corrected chi connectivity index (χ4v) is 2.78. The molecule has 0 fully saturated rings. The number of allylic oxidation sites excluding steroid dienone is 1. The summed E-state index contributed by atoms with van der Waals surface area (Å²) in [5, 5.41) is 9.57. The summed E-state index contributed by atoms with van der Waals surface area (Å²) >= 11 is 8.26. The van der Waals surface area contributed by atoms with Crippen LogP contribution < -0.4 is 0 Å². The molecule has 0 bridgehead atoms. The van der Waals surface area contributed by atoms with Crippen LogP contribution in [0.3, 0.4) is 0 Å². The topological polar surface area (TPSA) is 36.7 Å². The van der Waals surface area contributed by atoms with Gasteiger partial charge in [0, 0.05) is 21.5 Å². The fraction of sp³-hybridized carbons (Fsp3) is 0. The molecule has 5 heteroatoms. The average Bonchev–Trinajstić information content (AvgIpc) is 2.40. The quantitative estimate of drug-likeness (QED) is 0.566. The first-order valence-corrected chi connectivity index (χ1v) is 6.75. The highest BCUT2D eigenvalue weighted by Crippen LogP contribution is 2.32. The number of rotatable bonds is 2. The van der Waals surface area contributed by atoms with Gasteiger partial charge in [0.05, 0.1) is 10.6 Å². The molecule has 0 N–H and O–H groups in total. The molecule has 2 nitrogen and oxygen atoms in total. The van der Waals surface area contributed by atoms with Gasteiger partial charge in [-0.2, -0.15) is 5.26 Å². The highest BCUT2D eigenvalue weighted by Gasteiger charge is 2.12. The Morgan fingerprint density at radius 1 is 1.26 bits per heavy atom. The maximum Gasteiger partial charge on any atom is 0.124 e. The molecule has 0 aliphatic carbocycles. The predicted molar refractivity (Wildman–Crippen MR) is 81.6 cm³/mol. The number of hydrogen-bond acceptors (Lipinski definition) is 2. The van der Waals surface area contributed by atoms with E-state index in [1.54, 1.807) is 30.6 Å². The van der Waals surface area contributed by atoms with Gasteiger partial charge in [-0.3, -0.25) is 4.98 Å². The summed E-state index contributed by atoms with van der Waals surface area (Å²) in [5.74, 6) is -0.333. The average molecular weight is 385 g/mol. The molecule has 0 spiro atoms. The van der Waals surface area contributed by atoms with Crippen LogP contribution >= 0.6 is 34.2 Å². The van der Waals surface area contributed by atoms with Gasteiger partial charge in [-0.15, -0.1) is 0 Å². The zero-order chi connectivity index (χ0) is 13.8. The Morgan fingerprint density at radius 3 is 2.53 bits per heavy atom. The van der Waals surface area contributed by atoms with Crippen LogP contribution in [-0.2, 0) is 0 Å². The number of aromatic nitrogens is 1. The van der Waals surface area contributed by atoms with Gasteiger partial charge in [0.2, 0.25) is 0 Å². The number of nitriles is 1. The molecule has 0 aliphatic heterocycles. The second-order valence-corrected chi connectivity index (χ2v) is 5.20. The van der Waals surface area contributed by atoms with Crippen LogP contribution in [-0.4, -0.2) is 4.98 Å². The third-order valence-electron chi connectivity index (χ3n) is 2.47. The Kier molecular flexibility index (Phi) is 4.51. The second kappa shape index (κ2) is 6.13. The predicted octanol–water partition coefficient (Wildman–Crippen LogP) is 4.46. The van der Waals surface area contributed by atoms with E-state index in [4.69, 9.17) is 11.6 Å². The van der Waals surface area contributed by atoms with Gasteiger partial charge >= 0.3 is 0 Å². The molecule has 2 aromatic rings. The van der Waals surface area contributed by atoms with E-state index in [1.165, 1.54) is 12.1 Å². The van der Waals surface area contributed by atoms with Crippen molar-refractivity contribution in [3.8, 4) is 6.07 Å². The molecule has 0 radical (unpaired) electrons. The molecule has 94 valence electrons. The molecule has 1 heterocycles. The molecule has 1 aromatic heterocycles. The van der Waals surface area contributed by atoms with Gasteiger partial charge in [0.1, 0.15) is 11.9 Å². The Hall–Kier alpha value is -1.45. The highest BCUT2D eigenvalue weighted by atomic mass is 127. The smallest absolute Gasteiger partial charge is 0.124 e. The molecular formula is C14H7ClFIN2. The Bertz CT molecular complexity index is 678. The van der Waals surface area contributed by atoms with E-state index in [2.05, 4.69) is 11.1 Å². The lowest BCUT2D eigenvalue weighted by molar-refractivity contribution is 0.626. The lowest BCUT2D eigenvalue weighted by Gasteiger charge is -2.06. The van der Waals surface area contributed by atoms with Gasteiger partial charge < -0.3 is 0 Å². The van der Waals surface area contributed by atoms with E-state index < -0.39 is 0 Å². The first-order valence-electron chi connectivity index (χ1n) is 5.29. The van der Waals surface area contributed by atoms with Crippen LogP contribution in [0.1, 0.15) is 11.1 Å². The number of benzene rings is 1. The Labute approximate surface area is 128 Å². The third kappa shape index (κ3) is 3.11. The van der Waals surface area contributed by atoms with E-state index >= 15 is 0 Å². The van der Waals surface area contributed by atoms with E-state index in [-0.39, 0.29) is 5.82 Å².